The summed E-state index contributed by atoms with van der Waals surface area (Å²) in [4.78, 5) is 0. The maximum absolute atomic E-state index is 11.9. The van der Waals surface area contributed by atoms with Crippen molar-refractivity contribution in [2.75, 3.05) is 6.61 Å². The third-order valence-electron chi connectivity index (χ3n) is 1.59. The van der Waals surface area contributed by atoms with E-state index >= 15 is 0 Å². The Bertz CT molecular complexity index is 160. The van der Waals surface area contributed by atoms with Crippen molar-refractivity contribution in [2.24, 2.45) is 0 Å². The topological polar surface area (TPSA) is 9.23 Å². The van der Waals surface area contributed by atoms with Crippen LogP contribution in [0.2, 0.25) is 0 Å². The number of ether oxygens (including phenoxy) is 1. The molecule has 0 aromatic carbocycles. The molecule has 0 heterocycles. The molecule has 1 nitrogen and oxygen atoms in total. The summed E-state index contributed by atoms with van der Waals surface area (Å²) in [5.41, 5.74) is -0.768. The third kappa shape index (κ3) is 8.20. The SMILES string of the molecule is C=C(COC(C)CC)[B-](F)(F)F.[K+]. The van der Waals surface area contributed by atoms with Crippen LogP contribution < -0.4 is 51.4 Å². The van der Waals surface area contributed by atoms with Gasteiger partial charge in [-0.05, 0) is 13.3 Å². The molecule has 6 heteroatoms. The van der Waals surface area contributed by atoms with Gasteiger partial charge in [-0.1, -0.05) is 6.92 Å². The molecule has 72 valence electrons. The van der Waals surface area contributed by atoms with E-state index in [1.54, 1.807) is 6.92 Å². The van der Waals surface area contributed by atoms with Gasteiger partial charge in [0.05, 0.1) is 6.10 Å². The minimum absolute atomic E-state index is 0. The molecule has 0 N–H and O–H groups in total. The standard InChI is InChI=1S/C7H13BF3O.K/c1-4-7(3)12-5-6(2)8(9,10)11;/h7H,2,4-5H2,1,3H3;/q-1;+1. The summed E-state index contributed by atoms with van der Waals surface area (Å²) < 4.78 is 40.5. The third-order valence-corrected chi connectivity index (χ3v) is 1.59. The van der Waals surface area contributed by atoms with Crippen LogP contribution >= 0.6 is 0 Å². The molecular weight excluding hydrogens is 207 g/mol. The molecule has 0 saturated heterocycles. The van der Waals surface area contributed by atoms with Gasteiger partial charge in [0.25, 0.3) is 0 Å². The Morgan fingerprint density at radius 3 is 2.23 bits per heavy atom. The predicted octanol–water partition coefficient (Wildman–Crippen LogP) is -0.252. The van der Waals surface area contributed by atoms with Gasteiger partial charge in [-0.3, -0.25) is 0 Å². The average Bonchev–Trinajstić information content (AvgIpc) is 1.97. The smallest absolute Gasteiger partial charge is 0.445 e. The molecule has 1 atom stereocenters. The molecule has 0 aliphatic carbocycles. The molecule has 0 aliphatic heterocycles. The van der Waals surface area contributed by atoms with Crippen LogP contribution in [0.25, 0.3) is 0 Å². The van der Waals surface area contributed by atoms with Crippen LogP contribution in [0.1, 0.15) is 20.3 Å². The van der Waals surface area contributed by atoms with Gasteiger partial charge >= 0.3 is 58.4 Å². The van der Waals surface area contributed by atoms with Crippen molar-refractivity contribution in [1.82, 2.24) is 0 Å². The molecule has 0 radical (unpaired) electrons. The van der Waals surface area contributed by atoms with Gasteiger partial charge in [0.2, 0.25) is 0 Å². The predicted molar refractivity (Wildman–Crippen MR) is 43.9 cm³/mol. The molecule has 0 aliphatic rings. The Kier molecular flexibility index (Phi) is 9.56. The van der Waals surface area contributed by atoms with Gasteiger partial charge < -0.3 is 17.7 Å². The Hall–Kier alpha value is 1.19. The van der Waals surface area contributed by atoms with E-state index in [4.69, 9.17) is 4.74 Å². The van der Waals surface area contributed by atoms with Crippen molar-refractivity contribution in [1.29, 1.82) is 0 Å². The van der Waals surface area contributed by atoms with Crippen LogP contribution in [0, 0.1) is 0 Å². The Balaban J connectivity index is 0. The van der Waals surface area contributed by atoms with Crippen LogP contribution in [-0.4, -0.2) is 19.7 Å². The van der Waals surface area contributed by atoms with Gasteiger partial charge in [0.15, 0.2) is 0 Å². The monoisotopic (exact) mass is 220 g/mol. The van der Waals surface area contributed by atoms with E-state index in [-0.39, 0.29) is 57.5 Å². The number of hydrogen-bond donors (Lipinski definition) is 0. The zero-order valence-electron chi connectivity index (χ0n) is 8.32. The van der Waals surface area contributed by atoms with Crippen LogP contribution in [0.5, 0.6) is 0 Å². The zero-order chi connectivity index (χ0) is 9.78. The maximum atomic E-state index is 11.9. The van der Waals surface area contributed by atoms with Crippen LogP contribution in [0.15, 0.2) is 12.1 Å². The summed E-state index contributed by atoms with van der Waals surface area (Å²) in [5.74, 6) is 0. The average molecular weight is 220 g/mol. The normalized spacial score (nSPS) is 13.3. The Morgan fingerprint density at radius 2 is 1.92 bits per heavy atom. The van der Waals surface area contributed by atoms with Crippen LogP contribution in [-0.2, 0) is 4.74 Å². The summed E-state index contributed by atoms with van der Waals surface area (Å²) in [6.07, 6.45) is 0.568. The minimum Gasteiger partial charge on any atom is -0.445 e. The molecular formula is C7H13BF3KO. The van der Waals surface area contributed by atoms with Crippen molar-refractivity contribution in [3.8, 4) is 0 Å². The van der Waals surface area contributed by atoms with E-state index in [2.05, 4.69) is 6.58 Å². The second kappa shape index (κ2) is 7.48. The Labute approximate surface area is 120 Å². The summed E-state index contributed by atoms with van der Waals surface area (Å²) in [5, 5.41) is 0. The quantitative estimate of drug-likeness (QED) is 0.580. The number of hydrogen-bond acceptors (Lipinski definition) is 1. The van der Waals surface area contributed by atoms with Crippen molar-refractivity contribution in [2.45, 2.75) is 26.4 Å². The molecule has 0 saturated carbocycles. The maximum Gasteiger partial charge on any atom is 1.00 e. The summed E-state index contributed by atoms with van der Waals surface area (Å²) >= 11 is 0. The number of rotatable bonds is 5. The van der Waals surface area contributed by atoms with Crippen LogP contribution in [0.4, 0.5) is 12.9 Å². The van der Waals surface area contributed by atoms with E-state index in [9.17, 15) is 12.9 Å². The molecule has 13 heavy (non-hydrogen) atoms. The van der Waals surface area contributed by atoms with Gasteiger partial charge in [0, 0.05) is 6.61 Å². The van der Waals surface area contributed by atoms with Crippen molar-refractivity contribution in [3.63, 3.8) is 0 Å². The van der Waals surface area contributed by atoms with Gasteiger partial charge in [-0.15, -0.1) is 12.1 Å². The fourth-order valence-corrected chi connectivity index (χ4v) is 0.462. The molecule has 0 spiro atoms. The molecule has 0 aromatic heterocycles. The largest absolute Gasteiger partial charge is 1.00 e. The summed E-state index contributed by atoms with van der Waals surface area (Å²) in [6.45, 7) is 1.17. The molecule has 0 rings (SSSR count). The van der Waals surface area contributed by atoms with Crippen molar-refractivity contribution < 1.29 is 69.1 Å². The van der Waals surface area contributed by atoms with E-state index in [0.717, 1.165) is 0 Å². The van der Waals surface area contributed by atoms with Gasteiger partial charge in [-0.2, -0.15) is 0 Å². The fourth-order valence-electron chi connectivity index (χ4n) is 0.462. The van der Waals surface area contributed by atoms with E-state index < -0.39 is 19.1 Å². The van der Waals surface area contributed by atoms with E-state index in [1.165, 1.54) is 0 Å². The van der Waals surface area contributed by atoms with Gasteiger partial charge in [-0.25, -0.2) is 0 Å². The van der Waals surface area contributed by atoms with Gasteiger partial charge in [0.1, 0.15) is 0 Å². The molecule has 0 amide bonds. The first-order valence-electron chi connectivity index (χ1n) is 3.87. The molecule has 0 bridgehead atoms. The second-order valence-corrected chi connectivity index (χ2v) is 2.76. The Morgan fingerprint density at radius 1 is 1.46 bits per heavy atom. The van der Waals surface area contributed by atoms with E-state index in [0.29, 0.717) is 6.42 Å². The number of halogens is 3. The van der Waals surface area contributed by atoms with Crippen LogP contribution in [0.3, 0.4) is 0 Å². The minimum atomic E-state index is -4.93. The first-order valence-corrected chi connectivity index (χ1v) is 3.87. The molecule has 1 unspecified atom stereocenters. The first kappa shape index (κ1) is 16.6. The second-order valence-electron chi connectivity index (χ2n) is 2.76. The summed E-state index contributed by atoms with van der Waals surface area (Å²) in [6, 6.07) is 0. The fraction of sp³-hybridized carbons (Fsp3) is 0.714. The van der Waals surface area contributed by atoms with Crippen molar-refractivity contribution >= 4 is 6.98 Å². The first-order chi connectivity index (χ1) is 5.38. The molecule has 0 aromatic rings. The van der Waals surface area contributed by atoms with Crippen molar-refractivity contribution in [3.05, 3.63) is 12.1 Å². The summed E-state index contributed by atoms with van der Waals surface area (Å²) in [7, 11) is 0. The van der Waals surface area contributed by atoms with E-state index in [1.807, 2.05) is 6.92 Å². The molecule has 0 fully saturated rings. The zero-order valence-corrected chi connectivity index (χ0v) is 11.4.